The van der Waals surface area contributed by atoms with Crippen molar-refractivity contribution < 1.29 is 27.5 Å². The third-order valence-electron chi connectivity index (χ3n) is 3.95. The third-order valence-corrected chi connectivity index (χ3v) is 5.40. The molecule has 2 aromatic carbocycles. The van der Waals surface area contributed by atoms with Crippen LogP contribution < -0.4 is 14.4 Å². The Morgan fingerprint density at radius 1 is 1.14 bits per heavy atom. The fourth-order valence-electron chi connectivity index (χ4n) is 2.58. The van der Waals surface area contributed by atoms with Gasteiger partial charge in [0.05, 0.1) is 36.7 Å². The minimum Gasteiger partial charge on any atom is -0.495 e. The molecule has 0 bridgehead atoms. The van der Waals surface area contributed by atoms with E-state index in [1.165, 1.54) is 32.4 Å². The van der Waals surface area contributed by atoms with E-state index in [1.807, 2.05) is 0 Å². The molecule has 2 rings (SSSR count). The Hall–Kier alpha value is -2.78. The maximum Gasteiger partial charge on any atom is 0.339 e. The van der Waals surface area contributed by atoms with E-state index < -0.39 is 28.4 Å². The first kappa shape index (κ1) is 22.5. The Labute approximate surface area is 174 Å². The van der Waals surface area contributed by atoms with Crippen LogP contribution in [0.2, 0.25) is 5.02 Å². The maximum atomic E-state index is 12.6. The van der Waals surface area contributed by atoms with E-state index in [4.69, 9.17) is 16.3 Å². The quantitative estimate of drug-likeness (QED) is 0.664. The third kappa shape index (κ3) is 5.61. The molecular weight excluding hydrogens is 420 g/mol. The van der Waals surface area contributed by atoms with Crippen molar-refractivity contribution in [3.63, 3.8) is 0 Å². The number of hydrogen-bond acceptors (Lipinski definition) is 6. The smallest absolute Gasteiger partial charge is 0.339 e. The Morgan fingerprint density at radius 2 is 1.83 bits per heavy atom. The lowest BCUT2D eigenvalue weighted by Crippen LogP contribution is -2.37. The van der Waals surface area contributed by atoms with Crippen LogP contribution in [-0.2, 0) is 19.6 Å². The Morgan fingerprint density at radius 3 is 2.41 bits per heavy atom. The highest BCUT2D eigenvalue weighted by Crippen LogP contribution is 2.31. The number of aryl methyl sites for hydroxylation is 1. The lowest BCUT2D eigenvalue weighted by molar-refractivity contribution is -0.114. The van der Waals surface area contributed by atoms with Crippen molar-refractivity contribution in [3.05, 3.63) is 52.5 Å². The highest BCUT2D eigenvalue weighted by molar-refractivity contribution is 7.92. The van der Waals surface area contributed by atoms with Crippen molar-refractivity contribution in [2.75, 3.05) is 36.6 Å². The first-order valence-electron chi connectivity index (χ1n) is 8.37. The number of benzene rings is 2. The molecular formula is C19H21ClN2O6S. The number of esters is 1. The number of rotatable bonds is 7. The van der Waals surface area contributed by atoms with Gasteiger partial charge in [-0.05, 0) is 42.8 Å². The van der Waals surface area contributed by atoms with Crippen molar-refractivity contribution in [2.24, 2.45) is 0 Å². The molecule has 0 aliphatic rings. The summed E-state index contributed by atoms with van der Waals surface area (Å²) in [5, 5.41) is 2.72. The van der Waals surface area contributed by atoms with Crippen LogP contribution in [0.5, 0.6) is 5.75 Å². The van der Waals surface area contributed by atoms with Gasteiger partial charge in [0.2, 0.25) is 15.9 Å². The first-order valence-corrected chi connectivity index (χ1v) is 10.6. The Kier molecular flexibility index (Phi) is 7.10. The summed E-state index contributed by atoms with van der Waals surface area (Å²) in [6, 6.07) is 9.29. The summed E-state index contributed by atoms with van der Waals surface area (Å²) in [7, 11) is -1.16. The first-order chi connectivity index (χ1) is 13.6. The van der Waals surface area contributed by atoms with Gasteiger partial charge in [-0.15, -0.1) is 0 Å². The largest absolute Gasteiger partial charge is 0.495 e. The molecule has 0 aliphatic carbocycles. The van der Waals surface area contributed by atoms with Crippen molar-refractivity contribution in [3.8, 4) is 5.75 Å². The molecule has 0 aromatic heterocycles. The number of nitrogens with zero attached hydrogens (tertiary/aromatic N) is 1. The van der Waals surface area contributed by atoms with Crippen LogP contribution in [0.4, 0.5) is 11.4 Å². The number of sulfonamides is 1. The van der Waals surface area contributed by atoms with Crippen LogP contribution >= 0.6 is 11.6 Å². The van der Waals surface area contributed by atoms with Gasteiger partial charge in [0.15, 0.2) is 0 Å². The zero-order chi connectivity index (χ0) is 21.8. The molecule has 0 spiro atoms. The predicted octanol–water partition coefficient (Wildman–Crippen LogP) is 2.85. The van der Waals surface area contributed by atoms with Crippen molar-refractivity contribution >= 4 is 44.9 Å². The second kappa shape index (κ2) is 9.15. The molecule has 0 unspecified atom stereocenters. The molecule has 0 heterocycles. The molecule has 0 saturated heterocycles. The number of anilines is 2. The number of carbonyl (C=O) groups excluding carboxylic acids is 2. The van der Waals surface area contributed by atoms with Crippen LogP contribution in [0, 0.1) is 6.92 Å². The molecule has 156 valence electrons. The van der Waals surface area contributed by atoms with Gasteiger partial charge in [0.1, 0.15) is 12.3 Å². The second-order valence-corrected chi connectivity index (χ2v) is 8.49. The van der Waals surface area contributed by atoms with Gasteiger partial charge < -0.3 is 14.8 Å². The molecule has 0 saturated carbocycles. The van der Waals surface area contributed by atoms with Gasteiger partial charge in [0.25, 0.3) is 0 Å². The standard InChI is InChI=1S/C19H21ClN2O6S/c1-12-5-8-17(27-2)16(9-12)22(29(4,25)26)11-18(23)21-13-6-7-15(20)14(10-13)19(24)28-3/h5-10H,11H2,1-4H3,(H,21,23). The number of nitrogens with one attached hydrogen (secondary N) is 1. The minimum atomic E-state index is -3.79. The highest BCUT2D eigenvalue weighted by atomic mass is 35.5. The van der Waals surface area contributed by atoms with Crippen LogP contribution in [0.25, 0.3) is 0 Å². The second-order valence-electron chi connectivity index (χ2n) is 6.18. The van der Waals surface area contributed by atoms with Crippen LogP contribution in [0.15, 0.2) is 36.4 Å². The molecule has 0 aliphatic heterocycles. The zero-order valence-electron chi connectivity index (χ0n) is 16.4. The van der Waals surface area contributed by atoms with Gasteiger partial charge in [-0.3, -0.25) is 9.10 Å². The molecule has 1 amide bonds. The summed E-state index contributed by atoms with van der Waals surface area (Å²) in [5.41, 5.74) is 1.39. The molecule has 2 aromatic rings. The maximum absolute atomic E-state index is 12.6. The summed E-state index contributed by atoms with van der Waals surface area (Å²) in [6.45, 7) is 1.31. The van der Waals surface area contributed by atoms with Crippen LogP contribution in [0.3, 0.4) is 0 Å². The fourth-order valence-corrected chi connectivity index (χ4v) is 3.62. The summed E-state index contributed by atoms with van der Waals surface area (Å²) in [5.74, 6) is -0.959. The van der Waals surface area contributed by atoms with Crippen molar-refractivity contribution in [2.45, 2.75) is 6.92 Å². The Bertz CT molecular complexity index is 1040. The van der Waals surface area contributed by atoms with Crippen LogP contribution in [0.1, 0.15) is 15.9 Å². The van der Waals surface area contributed by atoms with Gasteiger partial charge in [0, 0.05) is 5.69 Å². The number of ether oxygens (including phenoxy) is 2. The molecule has 0 atom stereocenters. The van der Waals surface area contributed by atoms with Gasteiger partial charge in [-0.25, -0.2) is 13.2 Å². The highest BCUT2D eigenvalue weighted by Gasteiger charge is 2.24. The summed E-state index contributed by atoms with van der Waals surface area (Å²) < 4.78 is 35.5. The summed E-state index contributed by atoms with van der Waals surface area (Å²) >= 11 is 5.96. The lowest BCUT2D eigenvalue weighted by Gasteiger charge is -2.24. The van der Waals surface area contributed by atoms with E-state index >= 15 is 0 Å². The number of halogens is 1. The molecule has 10 heteroatoms. The molecule has 8 nitrogen and oxygen atoms in total. The number of amides is 1. The fraction of sp³-hybridized carbons (Fsp3) is 0.263. The predicted molar refractivity (Wildman–Crippen MR) is 111 cm³/mol. The minimum absolute atomic E-state index is 0.0762. The van der Waals surface area contributed by atoms with Gasteiger partial charge in [-0.1, -0.05) is 17.7 Å². The molecule has 0 fully saturated rings. The van der Waals surface area contributed by atoms with E-state index in [2.05, 4.69) is 10.1 Å². The lowest BCUT2D eigenvalue weighted by atomic mass is 10.2. The number of hydrogen-bond donors (Lipinski definition) is 1. The van der Waals surface area contributed by atoms with E-state index in [9.17, 15) is 18.0 Å². The zero-order valence-corrected chi connectivity index (χ0v) is 17.9. The molecule has 0 radical (unpaired) electrons. The van der Waals surface area contributed by atoms with Crippen molar-refractivity contribution in [1.29, 1.82) is 0 Å². The van der Waals surface area contributed by atoms with E-state index in [-0.39, 0.29) is 22.0 Å². The SMILES string of the molecule is COC(=O)c1cc(NC(=O)CN(c2cc(C)ccc2OC)S(C)(=O)=O)ccc1Cl. The summed E-state index contributed by atoms with van der Waals surface area (Å²) in [6.07, 6.45) is 1.000. The van der Waals surface area contributed by atoms with Gasteiger partial charge in [-0.2, -0.15) is 0 Å². The normalized spacial score (nSPS) is 10.9. The average molecular weight is 441 g/mol. The molecule has 1 N–H and O–H groups in total. The number of methoxy groups -OCH3 is 2. The number of carbonyl (C=O) groups is 2. The Balaban J connectivity index is 2.31. The van der Waals surface area contributed by atoms with Crippen LogP contribution in [-0.4, -0.2) is 47.3 Å². The summed E-state index contributed by atoms with van der Waals surface area (Å²) in [4.78, 5) is 24.3. The van der Waals surface area contributed by atoms with Gasteiger partial charge >= 0.3 is 5.97 Å². The average Bonchev–Trinajstić information content (AvgIpc) is 2.66. The topological polar surface area (TPSA) is 102 Å². The van der Waals surface area contributed by atoms with E-state index in [0.717, 1.165) is 16.1 Å². The van der Waals surface area contributed by atoms with E-state index in [1.54, 1.807) is 25.1 Å². The molecule has 29 heavy (non-hydrogen) atoms. The monoisotopic (exact) mass is 440 g/mol. The van der Waals surface area contributed by atoms with Crippen molar-refractivity contribution in [1.82, 2.24) is 0 Å². The van der Waals surface area contributed by atoms with E-state index in [0.29, 0.717) is 5.75 Å².